The molecule has 0 aliphatic heterocycles. The van der Waals surface area contributed by atoms with Crippen molar-refractivity contribution in [3.05, 3.63) is 206 Å². The molecule has 0 unspecified atom stereocenters. The van der Waals surface area contributed by atoms with E-state index in [4.69, 9.17) is 19.4 Å². The van der Waals surface area contributed by atoms with Gasteiger partial charge in [-0.2, -0.15) is 0 Å². The number of fused-ring (bicyclic) bond motifs is 3. The first-order chi connectivity index (χ1) is 27.8. The maximum Gasteiger partial charge on any atom is 0.164 e. The molecule has 2 aromatic heterocycles. The summed E-state index contributed by atoms with van der Waals surface area (Å²) in [5.41, 5.74) is 11.8. The average Bonchev–Trinajstić information content (AvgIpc) is 3.68. The van der Waals surface area contributed by atoms with Gasteiger partial charge in [0.05, 0.1) is 11.4 Å². The Morgan fingerprint density at radius 2 is 0.857 bits per heavy atom. The Bertz CT molecular complexity index is 2910. The lowest BCUT2D eigenvalue weighted by molar-refractivity contribution is 0.669. The first-order valence-electron chi connectivity index (χ1n) is 18.7. The van der Waals surface area contributed by atoms with E-state index in [2.05, 4.69) is 132 Å². The van der Waals surface area contributed by atoms with Gasteiger partial charge in [0.2, 0.25) is 0 Å². The van der Waals surface area contributed by atoms with E-state index >= 15 is 0 Å². The highest BCUT2D eigenvalue weighted by Crippen LogP contribution is 2.46. The first-order valence-corrected chi connectivity index (χ1v) is 18.7. The number of hydrogen-bond acceptors (Lipinski definition) is 5. The zero-order valence-electron chi connectivity index (χ0n) is 30.3. The number of aromatic nitrogens is 3. The Balaban J connectivity index is 1.17. The molecule has 0 radical (unpaired) electrons. The largest absolute Gasteiger partial charge is 0.454 e. The number of benzene rings is 8. The van der Waals surface area contributed by atoms with Crippen molar-refractivity contribution in [2.24, 2.45) is 0 Å². The third-order valence-corrected chi connectivity index (χ3v) is 10.1. The second-order valence-electron chi connectivity index (χ2n) is 13.6. The molecular weight excluding hydrogens is 685 g/mol. The molecule has 0 aliphatic rings. The zero-order chi connectivity index (χ0) is 37.3. The van der Waals surface area contributed by atoms with Gasteiger partial charge in [-0.1, -0.05) is 170 Å². The standard InChI is InChI=1S/C51H34N4O/c1-5-18-35(19-6-1)38-24-15-25-39(34-38)41-28-13-14-31-44(41)55(40-26-11-4-12-27-40)45-32-16-29-42-47-43(30-17-33-46(47)56-48(42)45)51-53-49(36-20-7-2-8-21-36)52-50(54-51)37-22-9-3-10-23-37/h1-34H. The summed E-state index contributed by atoms with van der Waals surface area (Å²) in [5, 5.41) is 1.92. The van der Waals surface area contributed by atoms with Gasteiger partial charge in [0.1, 0.15) is 5.58 Å². The maximum absolute atomic E-state index is 6.91. The fraction of sp³-hybridized carbons (Fsp3) is 0. The molecule has 56 heavy (non-hydrogen) atoms. The lowest BCUT2D eigenvalue weighted by atomic mass is 9.97. The lowest BCUT2D eigenvalue weighted by Gasteiger charge is -2.28. The molecule has 0 aliphatic carbocycles. The number of nitrogens with zero attached hydrogens (tertiary/aromatic N) is 4. The highest BCUT2D eigenvalue weighted by Gasteiger charge is 2.24. The summed E-state index contributed by atoms with van der Waals surface area (Å²) in [4.78, 5) is 17.4. The van der Waals surface area contributed by atoms with Crippen LogP contribution >= 0.6 is 0 Å². The number of para-hydroxylation sites is 3. The predicted molar refractivity (Wildman–Crippen MR) is 229 cm³/mol. The van der Waals surface area contributed by atoms with E-state index in [9.17, 15) is 0 Å². The molecule has 0 saturated heterocycles. The van der Waals surface area contributed by atoms with Crippen molar-refractivity contribution in [2.45, 2.75) is 0 Å². The average molecular weight is 719 g/mol. The molecule has 0 bridgehead atoms. The fourth-order valence-corrected chi connectivity index (χ4v) is 7.52. The molecule has 8 aromatic carbocycles. The normalized spacial score (nSPS) is 11.2. The fourth-order valence-electron chi connectivity index (χ4n) is 7.52. The molecule has 0 amide bonds. The van der Waals surface area contributed by atoms with Gasteiger partial charge < -0.3 is 9.32 Å². The van der Waals surface area contributed by atoms with Crippen LogP contribution in [0.3, 0.4) is 0 Å². The molecule has 5 nitrogen and oxygen atoms in total. The van der Waals surface area contributed by atoms with Gasteiger partial charge in [-0.25, -0.2) is 15.0 Å². The monoisotopic (exact) mass is 718 g/mol. The van der Waals surface area contributed by atoms with Crippen LogP contribution in [0, 0.1) is 0 Å². The van der Waals surface area contributed by atoms with E-state index in [-0.39, 0.29) is 0 Å². The molecule has 264 valence electrons. The molecule has 0 atom stereocenters. The van der Waals surface area contributed by atoms with Crippen molar-refractivity contribution in [1.82, 2.24) is 15.0 Å². The van der Waals surface area contributed by atoms with Gasteiger partial charge in [0.15, 0.2) is 23.1 Å². The van der Waals surface area contributed by atoms with Crippen LogP contribution in [-0.2, 0) is 0 Å². The number of hydrogen-bond donors (Lipinski definition) is 0. The molecule has 10 rings (SSSR count). The smallest absolute Gasteiger partial charge is 0.164 e. The summed E-state index contributed by atoms with van der Waals surface area (Å²) in [6.07, 6.45) is 0. The Morgan fingerprint density at radius 1 is 0.357 bits per heavy atom. The van der Waals surface area contributed by atoms with Crippen LogP contribution in [0.4, 0.5) is 17.1 Å². The lowest BCUT2D eigenvalue weighted by Crippen LogP contribution is -2.11. The summed E-state index contributed by atoms with van der Waals surface area (Å²) < 4.78 is 6.91. The molecule has 10 aromatic rings. The predicted octanol–water partition coefficient (Wildman–Crippen LogP) is 13.6. The Labute approximate surface area is 324 Å². The minimum atomic E-state index is 0.583. The van der Waals surface area contributed by atoms with Gasteiger partial charge >= 0.3 is 0 Å². The molecule has 0 N–H and O–H groups in total. The number of anilines is 3. The molecule has 2 heterocycles. The SMILES string of the molecule is c1ccc(-c2cccc(-c3ccccc3N(c3ccccc3)c3cccc4c3oc3cccc(-c5nc(-c6ccccc6)nc(-c6ccccc6)n5)c34)c2)cc1. The van der Waals surface area contributed by atoms with E-state index in [1.54, 1.807) is 0 Å². The Hall–Kier alpha value is -7.63. The summed E-state index contributed by atoms with van der Waals surface area (Å²) in [7, 11) is 0. The van der Waals surface area contributed by atoms with Crippen molar-refractivity contribution >= 4 is 39.0 Å². The summed E-state index contributed by atoms with van der Waals surface area (Å²) >= 11 is 0. The minimum absolute atomic E-state index is 0.583. The third kappa shape index (κ3) is 6.07. The Morgan fingerprint density at radius 3 is 1.55 bits per heavy atom. The molecular formula is C51H34N4O. The van der Waals surface area contributed by atoms with E-state index in [1.807, 2.05) is 78.9 Å². The van der Waals surface area contributed by atoms with Crippen LogP contribution < -0.4 is 4.90 Å². The number of rotatable bonds is 8. The Kier molecular flexibility index (Phi) is 8.43. The highest BCUT2D eigenvalue weighted by molar-refractivity contribution is 6.15. The number of furan rings is 1. The van der Waals surface area contributed by atoms with Crippen molar-refractivity contribution in [3.63, 3.8) is 0 Å². The molecule has 0 fully saturated rings. The molecule has 0 spiro atoms. The van der Waals surface area contributed by atoms with Crippen molar-refractivity contribution in [2.75, 3.05) is 4.90 Å². The zero-order valence-corrected chi connectivity index (χ0v) is 30.3. The van der Waals surface area contributed by atoms with Gasteiger partial charge in [-0.3, -0.25) is 0 Å². The van der Waals surface area contributed by atoms with Crippen LogP contribution in [0.15, 0.2) is 211 Å². The van der Waals surface area contributed by atoms with E-state index < -0.39 is 0 Å². The van der Waals surface area contributed by atoms with Crippen LogP contribution in [0.5, 0.6) is 0 Å². The van der Waals surface area contributed by atoms with E-state index in [0.717, 1.165) is 66.8 Å². The van der Waals surface area contributed by atoms with Gasteiger partial charge in [0, 0.05) is 38.7 Å². The second-order valence-corrected chi connectivity index (χ2v) is 13.6. The van der Waals surface area contributed by atoms with Crippen LogP contribution in [-0.4, -0.2) is 15.0 Å². The van der Waals surface area contributed by atoms with Gasteiger partial charge in [-0.05, 0) is 53.1 Å². The second kappa shape index (κ2) is 14.3. The van der Waals surface area contributed by atoms with Crippen molar-refractivity contribution < 1.29 is 4.42 Å². The van der Waals surface area contributed by atoms with Crippen LogP contribution in [0.1, 0.15) is 0 Å². The molecule has 5 heteroatoms. The third-order valence-electron chi connectivity index (χ3n) is 10.1. The van der Waals surface area contributed by atoms with Crippen molar-refractivity contribution in [3.8, 4) is 56.4 Å². The van der Waals surface area contributed by atoms with E-state index in [0.29, 0.717) is 17.5 Å². The first kappa shape index (κ1) is 33.0. The summed E-state index contributed by atoms with van der Waals surface area (Å²) in [5.74, 6) is 1.81. The summed E-state index contributed by atoms with van der Waals surface area (Å²) in [6.45, 7) is 0. The maximum atomic E-state index is 6.91. The van der Waals surface area contributed by atoms with Crippen LogP contribution in [0.2, 0.25) is 0 Å². The van der Waals surface area contributed by atoms with Gasteiger partial charge in [-0.15, -0.1) is 0 Å². The van der Waals surface area contributed by atoms with Crippen molar-refractivity contribution in [1.29, 1.82) is 0 Å². The minimum Gasteiger partial charge on any atom is -0.454 e. The quantitative estimate of drug-likeness (QED) is 0.157. The van der Waals surface area contributed by atoms with E-state index in [1.165, 1.54) is 11.1 Å². The highest BCUT2D eigenvalue weighted by atomic mass is 16.3. The topological polar surface area (TPSA) is 55.1 Å². The van der Waals surface area contributed by atoms with Crippen LogP contribution in [0.25, 0.3) is 78.4 Å². The summed E-state index contributed by atoms with van der Waals surface area (Å²) in [6, 6.07) is 71.0. The van der Waals surface area contributed by atoms with Gasteiger partial charge in [0.25, 0.3) is 0 Å². The molecule has 0 saturated carbocycles.